The van der Waals surface area contributed by atoms with E-state index in [1.54, 1.807) is 0 Å². The molecule has 2 nitrogen and oxygen atoms in total. The summed E-state index contributed by atoms with van der Waals surface area (Å²) in [5, 5.41) is 20.6. The van der Waals surface area contributed by atoms with E-state index in [0.29, 0.717) is 23.3 Å². The van der Waals surface area contributed by atoms with Gasteiger partial charge in [-0.1, -0.05) is 41.5 Å². The lowest BCUT2D eigenvalue weighted by atomic mass is 9.79. The molecule has 2 heteroatoms. The second kappa shape index (κ2) is 8.62. The maximum Gasteiger partial charge on any atom is 0.116 e. The molecule has 2 unspecified atom stereocenters. The van der Waals surface area contributed by atoms with Crippen molar-refractivity contribution >= 4 is 0 Å². The highest BCUT2D eigenvalue weighted by atomic mass is 16.3. The fourth-order valence-corrected chi connectivity index (χ4v) is 3.80. The Hall–Kier alpha value is -1.96. The van der Waals surface area contributed by atoms with Gasteiger partial charge < -0.3 is 10.2 Å². The molecule has 0 radical (unpaired) electrons. The number of aromatic hydroxyl groups is 2. The Kier molecular flexibility index (Phi) is 6.75. The molecule has 0 saturated carbocycles. The lowest BCUT2D eigenvalue weighted by Crippen LogP contribution is -2.06. The number of benzene rings is 2. The van der Waals surface area contributed by atoms with Crippen LogP contribution >= 0.6 is 0 Å². The second-order valence-corrected chi connectivity index (χ2v) is 7.46. The summed E-state index contributed by atoms with van der Waals surface area (Å²) in [4.78, 5) is 0. The molecular weight excluding hydrogens is 320 g/mol. The third-order valence-corrected chi connectivity index (χ3v) is 5.77. The molecule has 0 fully saturated rings. The molecular formula is C24H34O2. The van der Waals surface area contributed by atoms with Gasteiger partial charge in [-0.25, -0.2) is 0 Å². The summed E-state index contributed by atoms with van der Waals surface area (Å²) >= 11 is 0. The zero-order chi connectivity index (χ0) is 19.4. The summed E-state index contributed by atoms with van der Waals surface area (Å²) < 4.78 is 0. The van der Waals surface area contributed by atoms with Gasteiger partial charge in [-0.2, -0.15) is 0 Å². The van der Waals surface area contributed by atoms with E-state index in [2.05, 4.69) is 41.5 Å². The fourth-order valence-electron chi connectivity index (χ4n) is 3.80. The van der Waals surface area contributed by atoms with Crippen molar-refractivity contribution in [2.45, 2.75) is 79.1 Å². The first-order chi connectivity index (χ1) is 12.4. The minimum absolute atomic E-state index is 0.350. The third-order valence-electron chi connectivity index (χ3n) is 5.77. The quantitative estimate of drug-likeness (QED) is 0.566. The van der Waals surface area contributed by atoms with Gasteiger partial charge in [-0.15, -0.1) is 0 Å². The van der Waals surface area contributed by atoms with Crippen LogP contribution < -0.4 is 0 Å². The molecule has 0 amide bonds. The smallest absolute Gasteiger partial charge is 0.116 e. The highest BCUT2D eigenvalue weighted by Gasteiger charge is 2.23. The molecule has 26 heavy (non-hydrogen) atoms. The van der Waals surface area contributed by atoms with E-state index < -0.39 is 0 Å². The molecule has 0 heterocycles. The van der Waals surface area contributed by atoms with Crippen LogP contribution in [0.5, 0.6) is 11.5 Å². The summed E-state index contributed by atoms with van der Waals surface area (Å²) in [5.41, 5.74) is 7.35. The average Bonchev–Trinajstić information content (AvgIpc) is 2.65. The number of hydrogen-bond acceptors (Lipinski definition) is 2. The topological polar surface area (TPSA) is 40.5 Å². The summed E-state index contributed by atoms with van der Waals surface area (Å²) in [6, 6.07) is 7.70. The van der Waals surface area contributed by atoms with Crippen molar-refractivity contribution in [3.63, 3.8) is 0 Å². The van der Waals surface area contributed by atoms with Crippen LogP contribution in [0.4, 0.5) is 0 Å². The first kappa shape index (κ1) is 20.4. The molecule has 142 valence electrons. The second-order valence-electron chi connectivity index (χ2n) is 7.46. The number of phenolic OH excluding ortho intramolecular Hbond substituents is 2. The predicted molar refractivity (Wildman–Crippen MR) is 111 cm³/mol. The maximum absolute atomic E-state index is 10.3. The van der Waals surface area contributed by atoms with Crippen LogP contribution in [-0.2, 0) is 12.8 Å². The van der Waals surface area contributed by atoms with E-state index in [1.807, 2.05) is 24.3 Å². The number of hydrogen-bond donors (Lipinski definition) is 2. The molecule has 0 aliphatic rings. The van der Waals surface area contributed by atoms with E-state index >= 15 is 0 Å². The Morgan fingerprint density at radius 1 is 0.654 bits per heavy atom. The summed E-state index contributed by atoms with van der Waals surface area (Å²) in [7, 11) is 0. The molecule has 2 N–H and O–H groups in total. The zero-order valence-electron chi connectivity index (χ0n) is 17.2. The molecule has 0 spiro atoms. The Labute approximate surface area is 158 Å². The van der Waals surface area contributed by atoms with Crippen molar-refractivity contribution in [1.29, 1.82) is 0 Å². The van der Waals surface area contributed by atoms with E-state index in [-0.39, 0.29) is 0 Å². The third kappa shape index (κ3) is 3.90. The number of phenols is 2. The van der Waals surface area contributed by atoms with Crippen LogP contribution in [0, 0.1) is 0 Å². The average molecular weight is 355 g/mol. The molecule has 0 aliphatic carbocycles. The summed E-state index contributed by atoms with van der Waals surface area (Å²) in [6.45, 7) is 13.1. The standard InChI is InChI=1S/C24H34O2/c1-7-15(5)21-13-19(25)11-17(9-3)23(21)24-18(10-4)12-20(26)14-22(24)16(6)8-2/h11-16,25-26H,7-10H2,1-6H3. The van der Waals surface area contributed by atoms with E-state index in [1.165, 1.54) is 33.4 Å². The van der Waals surface area contributed by atoms with Gasteiger partial charge in [0.15, 0.2) is 0 Å². The molecule has 0 saturated heterocycles. The molecule has 2 aromatic rings. The van der Waals surface area contributed by atoms with Gasteiger partial charge in [0.05, 0.1) is 0 Å². The lowest BCUT2D eigenvalue weighted by molar-refractivity contribution is 0.472. The Bertz CT molecular complexity index is 696. The molecule has 0 aromatic heterocycles. The monoisotopic (exact) mass is 354 g/mol. The number of aryl methyl sites for hydroxylation is 2. The van der Waals surface area contributed by atoms with Crippen molar-refractivity contribution in [2.24, 2.45) is 0 Å². The van der Waals surface area contributed by atoms with E-state index in [4.69, 9.17) is 0 Å². The van der Waals surface area contributed by atoms with Gasteiger partial charge in [0.1, 0.15) is 11.5 Å². The van der Waals surface area contributed by atoms with Gasteiger partial charge in [-0.05, 0) is 95.2 Å². The minimum Gasteiger partial charge on any atom is -0.508 e. The molecule has 0 bridgehead atoms. The Morgan fingerprint density at radius 3 is 1.27 bits per heavy atom. The minimum atomic E-state index is 0.350. The van der Waals surface area contributed by atoms with Gasteiger partial charge in [0.25, 0.3) is 0 Å². The van der Waals surface area contributed by atoms with Crippen LogP contribution in [0.2, 0.25) is 0 Å². The normalized spacial score (nSPS) is 13.6. The number of rotatable bonds is 7. The lowest BCUT2D eigenvalue weighted by Gasteiger charge is -2.26. The van der Waals surface area contributed by atoms with Crippen molar-refractivity contribution in [3.05, 3.63) is 46.5 Å². The Balaban J connectivity index is 2.95. The van der Waals surface area contributed by atoms with Crippen LogP contribution in [0.25, 0.3) is 11.1 Å². The first-order valence-corrected chi connectivity index (χ1v) is 10.1. The molecule has 2 atom stereocenters. The van der Waals surface area contributed by atoms with Gasteiger partial charge in [0, 0.05) is 0 Å². The predicted octanol–water partition coefficient (Wildman–Crippen LogP) is 6.92. The molecule has 2 aromatic carbocycles. The fraction of sp³-hybridized carbons (Fsp3) is 0.500. The molecule has 0 aliphatic heterocycles. The van der Waals surface area contributed by atoms with Crippen LogP contribution in [-0.4, -0.2) is 10.2 Å². The van der Waals surface area contributed by atoms with Crippen molar-refractivity contribution in [3.8, 4) is 22.6 Å². The van der Waals surface area contributed by atoms with Gasteiger partial charge >= 0.3 is 0 Å². The molecule has 2 rings (SSSR count). The van der Waals surface area contributed by atoms with Crippen LogP contribution in [0.15, 0.2) is 24.3 Å². The zero-order valence-corrected chi connectivity index (χ0v) is 17.2. The highest BCUT2D eigenvalue weighted by molar-refractivity contribution is 5.80. The SMILES string of the molecule is CCc1cc(O)cc(C(C)CC)c1-c1c(CC)cc(O)cc1C(C)CC. The largest absolute Gasteiger partial charge is 0.508 e. The first-order valence-electron chi connectivity index (χ1n) is 10.1. The van der Waals surface area contributed by atoms with Gasteiger partial charge in [0.2, 0.25) is 0 Å². The van der Waals surface area contributed by atoms with Crippen molar-refractivity contribution < 1.29 is 10.2 Å². The maximum atomic E-state index is 10.3. The van der Waals surface area contributed by atoms with Crippen LogP contribution in [0.3, 0.4) is 0 Å². The van der Waals surface area contributed by atoms with E-state index in [9.17, 15) is 10.2 Å². The summed E-state index contributed by atoms with van der Waals surface area (Å²) in [6.07, 6.45) is 3.80. The Morgan fingerprint density at radius 2 is 1.00 bits per heavy atom. The highest BCUT2D eigenvalue weighted by Crippen LogP contribution is 2.44. The van der Waals surface area contributed by atoms with Crippen LogP contribution in [0.1, 0.15) is 88.5 Å². The summed E-state index contributed by atoms with van der Waals surface area (Å²) in [5.74, 6) is 1.43. The van der Waals surface area contributed by atoms with Gasteiger partial charge in [-0.3, -0.25) is 0 Å². The van der Waals surface area contributed by atoms with E-state index in [0.717, 1.165) is 25.7 Å². The van der Waals surface area contributed by atoms with Crippen molar-refractivity contribution in [1.82, 2.24) is 0 Å². The van der Waals surface area contributed by atoms with Crippen molar-refractivity contribution in [2.75, 3.05) is 0 Å².